The van der Waals surface area contributed by atoms with Crippen molar-refractivity contribution in [2.45, 2.75) is 0 Å². The van der Waals surface area contributed by atoms with Gasteiger partial charge in [0, 0.05) is 0 Å². The van der Waals surface area contributed by atoms with E-state index in [-0.39, 0.29) is 204 Å². The number of rotatable bonds is 0. The fourth-order valence-electron chi connectivity index (χ4n) is 0. The first-order chi connectivity index (χ1) is 0. The first-order valence-corrected chi connectivity index (χ1v) is 0. The van der Waals surface area contributed by atoms with Gasteiger partial charge in [-0.2, -0.15) is 0 Å². The summed E-state index contributed by atoms with van der Waals surface area (Å²) in [6, 6.07) is 0. The van der Waals surface area contributed by atoms with Crippen molar-refractivity contribution < 1.29 is 0 Å². The summed E-state index contributed by atoms with van der Waals surface area (Å²) < 4.78 is 0. The van der Waals surface area contributed by atoms with Gasteiger partial charge in [-0.05, 0) is 0 Å². The molecule has 11 heavy (non-hydrogen) atoms. The Hall–Kier alpha value is 6.36. The zero-order valence-corrected chi connectivity index (χ0v) is 26.0. The van der Waals surface area contributed by atoms with Crippen molar-refractivity contribution in [2.24, 2.45) is 0 Å². The summed E-state index contributed by atoms with van der Waals surface area (Å²) in [4.78, 5) is 0. The van der Waals surface area contributed by atoms with E-state index in [0.29, 0.717) is 0 Å². The van der Waals surface area contributed by atoms with Crippen LogP contribution in [0.25, 0.3) is 0 Å². The average Bonchev–Trinajstić information content (AvgIpc) is 0. The second kappa shape index (κ2) is 95.4. The van der Waals surface area contributed by atoms with E-state index in [9.17, 15) is 0 Å². The Balaban J connectivity index is 0. The van der Waals surface area contributed by atoms with Crippen LogP contribution in [-0.2, 0) is 0 Å². The zero-order valence-electron chi connectivity index (χ0n) is 4.75. The Labute approximate surface area is 199 Å². The van der Waals surface area contributed by atoms with Gasteiger partial charge in [0.2, 0.25) is 0 Å². The molecular formula is Ge2Sb2Se7. The van der Waals surface area contributed by atoms with Gasteiger partial charge in [0.25, 0.3) is 0 Å². The molecule has 0 aliphatic rings. The topological polar surface area (TPSA) is 0 Å². The van der Waals surface area contributed by atoms with Gasteiger partial charge in [-0.1, -0.05) is 0 Å². The molecule has 0 aliphatic carbocycles. The van der Waals surface area contributed by atoms with Crippen LogP contribution in [0.5, 0.6) is 0 Å². The summed E-state index contributed by atoms with van der Waals surface area (Å²) in [6.45, 7) is 0. The van der Waals surface area contributed by atoms with Crippen LogP contribution in [0.3, 0.4) is 0 Å². The minimum atomic E-state index is 0. The summed E-state index contributed by atoms with van der Waals surface area (Å²) in [5.41, 5.74) is 0. The third kappa shape index (κ3) is 83.4. The SMILES string of the molecule is [Ge+4].[Ge+4].[Sb+3].[Sb+3].[Se-2].[Se-2].[Se-2].[Se-2].[Se-2].[Se-2].[Se-2]. The third-order valence-electron chi connectivity index (χ3n) is 0. The molecule has 4 radical (unpaired) electrons. The maximum absolute atomic E-state index is 0. The summed E-state index contributed by atoms with van der Waals surface area (Å²) in [6.07, 6.45) is 0. The summed E-state index contributed by atoms with van der Waals surface area (Å²) in [5, 5.41) is 0. The molecule has 0 unspecified atom stereocenters. The maximum Gasteiger partial charge on any atom is 4.00 e. The fourth-order valence-corrected chi connectivity index (χ4v) is 0. The van der Waals surface area contributed by atoms with Gasteiger partial charge in [0.05, 0.1) is 0 Å². The maximum atomic E-state index is 0. The van der Waals surface area contributed by atoms with E-state index in [1.807, 2.05) is 0 Å². The van der Waals surface area contributed by atoms with E-state index in [2.05, 4.69) is 0 Å². The first-order valence-electron chi connectivity index (χ1n) is 0. The summed E-state index contributed by atoms with van der Waals surface area (Å²) in [5.74, 6) is 0. The Morgan fingerprint density at radius 2 is 0.273 bits per heavy atom. The molecule has 0 amide bonds. The Morgan fingerprint density at radius 1 is 0.273 bits per heavy atom. The molecule has 0 N–H and O–H groups in total. The van der Waals surface area contributed by atoms with Crippen LogP contribution in [0.2, 0.25) is 0 Å². The molecule has 0 nitrogen and oxygen atoms in total. The fraction of sp³-hybridized carbons (Fsp3) is 0. The summed E-state index contributed by atoms with van der Waals surface area (Å²) in [7, 11) is 0. The van der Waals surface area contributed by atoms with Gasteiger partial charge >= 0.3 is 84.0 Å². The molecular weight excluding hydrogens is 941 g/mol. The molecule has 0 bridgehead atoms. The van der Waals surface area contributed by atoms with E-state index in [4.69, 9.17) is 0 Å². The zero-order chi connectivity index (χ0) is 0. The quantitative estimate of drug-likeness (QED) is 0.217. The van der Waals surface area contributed by atoms with E-state index in [1.165, 1.54) is 0 Å². The monoisotopic (exact) mass is 949 g/mol. The van der Waals surface area contributed by atoms with Gasteiger partial charge < -0.3 is 119 Å². The predicted molar refractivity (Wildman–Crippen MR) is 63.3 cm³/mol. The second-order valence-corrected chi connectivity index (χ2v) is 0. The van der Waals surface area contributed by atoms with Crippen molar-refractivity contribution in [1.82, 2.24) is 0 Å². The largest absolute Gasteiger partial charge is 4.00 e. The van der Waals surface area contributed by atoms with Crippen LogP contribution < -0.4 is 0 Å². The van der Waals surface area contributed by atoms with Crippen molar-refractivity contribution in [1.29, 1.82) is 0 Å². The molecule has 0 saturated heterocycles. The van der Waals surface area contributed by atoms with Crippen molar-refractivity contribution >= 4 is 204 Å². The predicted octanol–water partition coefficient (Wildman–Crippen LogP) is -4.19. The average molecular weight is 941 g/mol. The van der Waals surface area contributed by atoms with Crippen LogP contribution in [-0.4, -0.2) is 204 Å². The molecule has 0 aromatic heterocycles. The Bertz CT molecular complexity index is 14.4. The minimum absolute atomic E-state index is 0. The standard InChI is InChI=1S/2Ge.2Sb.7Se/q2*+4;2*+3;7*-2. The van der Waals surface area contributed by atoms with Gasteiger partial charge in [-0.15, -0.1) is 0 Å². The van der Waals surface area contributed by atoms with Crippen LogP contribution in [0.4, 0.5) is 0 Å². The van der Waals surface area contributed by atoms with E-state index >= 15 is 0 Å². The molecule has 0 aliphatic heterocycles. The molecule has 0 heterocycles. The number of hydrogen-bond acceptors (Lipinski definition) is 0. The van der Waals surface area contributed by atoms with Crippen molar-refractivity contribution in [3.8, 4) is 0 Å². The molecule has 0 atom stereocenters. The van der Waals surface area contributed by atoms with Gasteiger partial charge in [-0.25, -0.2) is 0 Å². The third-order valence-corrected chi connectivity index (χ3v) is 0. The van der Waals surface area contributed by atoms with Gasteiger partial charge in [-0.3, -0.25) is 0 Å². The normalized spacial score (nSPS) is 0. The summed E-state index contributed by atoms with van der Waals surface area (Å²) >= 11 is 0. The molecule has 60 valence electrons. The molecule has 0 spiro atoms. The number of hydrogen-bond donors (Lipinski definition) is 0. The van der Waals surface area contributed by atoms with Crippen molar-refractivity contribution in [3.63, 3.8) is 0 Å². The van der Waals surface area contributed by atoms with Gasteiger partial charge in [0.15, 0.2) is 0 Å². The van der Waals surface area contributed by atoms with Crippen molar-refractivity contribution in [3.05, 3.63) is 0 Å². The molecule has 0 aromatic rings. The molecule has 0 aromatic carbocycles. The van der Waals surface area contributed by atoms with E-state index in [1.54, 1.807) is 0 Å². The molecule has 0 rings (SSSR count). The molecule has 0 saturated carbocycles. The molecule has 0 fully saturated rings. The van der Waals surface area contributed by atoms with Crippen LogP contribution in [0.1, 0.15) is 0 Å². The smallest absolute Gasteiger partial charge is 2.00 e. The first kappa shape index (κ1) is 115. The van der Waals surface area contributed by atoms with Crippen LogP contribution in [0.15, 0.2) is 0 Å². The van der Waals surface area contributed by atoms with E-state index in [0.717, 1.165) is 0 Å². The second-order valence-electron chi connectivity index (χ2n) is 0. The van der Waals surface area contributed by atoms with Crippen LogP contribution in [0, 0.1) is 0 Å². The van der Waals surface area contributed by atoms with Crippen LogP contribution >= 0.6 is 0 Å². The van der Waals surface area contributed by atoms with Crippen molar-refractivity contribution in [2.75, 3.05) is 0 Å². The Morgan fingerprint density at radius 3 is 0.273 bits per heavy atom. The Kier molecular flexibility index (Phi) is 997. The minimum Gasteiger partial charge on any atom is -2.00 e. The van der Waals surface area contributed by atoms with Gasteiger partial charge in [0.1, 0.15) is 0 Å². The molecule has 11 heteroatoms. The van der Waals surface area contributed by atoms with E-state index < -0.39 is 0 Å².